The molecule has 0 spiro atoms. The summed E-state index contributed by atoms with van der Waals surface area (Å²) in [6.07, 6.45) is 1.62. The van der Waals surface area contributed by atoms with E-state index in [2.05, 4.69) is 9.97 Å². The van der Waals surface area contributed by atoms with Gasteiger partial charge in [0, 0.05) is 36.8 Å². The molecule has 8 heteroatoms. The highest BCUT2D eigenvalue weighted by Gasteiger charge is 2.41. The first-order chi connectivity index (χ1) is 11.9. The number of alkyl halides is 3. The van der Waals surface area contributed by atoms with Gasteiger partial charge >= 0.3 is 6.18 Å². The van der Waals surface area contributed by atoms with Crippen LogP contribution in [0.2, 0.25) is 0 Å². The van der Waals surface area contributed by atoms with Gasteiger partial charge in [-0.15, -0.1) is 0 Å². The highest BCUT2D eigenvalue weighted by molar-refractivity contribution is 5.76. The fourth-order valence-corrected chi connectivity index (χ4v) is 2.48. The van der Waals surface area contributed by atoms with Crippen molar-refractivity contribution in [3.63, 3.8) is 0 Å². The van der Waals surface area contributed by atoms with Gasteiger partial charge < -0.3 is 9.72 Å². The van der Waals surface area contributed by atoms with Gasteiger partial charge in [-0.05, 0) is 24.6 Å². The van der Waals surface area contributed by atoms with Gasteiger partial charge in [0.25, 0.3) is 0 Å². The predicted octanol–water partition coefficient (Wildman–Crippen LogP) is 3.08. The molecule has 0 bridgehead atoms. The normalized spacial score (nSPS) is 12.9. The summed E-state index contributed by atoms with van der Waals surface area (Å²) < 4.78 is 41.4. The molecule has 0 saturated carbocycles. The zero-order valence-electron chi connectivity index (χ0n) is 13.1. The molecule has 1 atom stereocenters. The van der Waals surface area contributed by atoms with Crippen molar-refractivity contribution < 1.29 is 18.0 Å². The van der Waals surface area contributed by atoms with E-state index in [0.29, 0.717) is 5.69 Å². The Morgan fingerprint density at radius 2 is 2.08 bits per heavy atom. The monoisotopic (exact) mass is 348 g/mol. The molecule has 3 aromatic heterocycles. The largest absolute Gasteiger partial charge is 0.412 e. The van der Waals surface area contributed by atoms with Crippen LogP contribution in [-0.2, 0) is 11.2 Å². The molecule has 0 aliphatic heterocycles. The van der Waals surface area contributed by atoms with Gasteiger partial charge in [-0.2, -0.15) is 13.2 Å². The summed E-state index contributed by atoms with van der Waals surface area (Å²) in [5, 5.41) is 2.04. The van der Waals surface area contributed by atoms with Crippen LogP contribution in [0.15, 0.2) is 55.1 Å². The van der Waals surface area contributed by atoms with Crippen LogP contribution in [0.4, 0.5) is 13.2 Å². The number of imidazole rings is 1. The van der Waals surface area contributed by atoms with Crippen molar-refractivity contribution in [2.24, 2.45) is 0 Å². The Kier molecular flexibility index (Phi) is 4.69. The molecule has 0 radical (unpaired) electrons. The zero-order valence-corrected chi connectivity index (χ0v) is 13.1. The summed E-state index contributed by atoms with van der Waals surface area (Å²) in [6, 6.07) is 6.10. The summed E-state index contributed by atoms with van der Waals surface area (Å²) in [4.78, 5) is 20.0. The van der Waals surface area contributed by atoms with Gasteiger partial charge in [0.1, 0.15) is 5.65 Å². The van der Waals surface area contributed by atoms with Gasteiger partial charge in [-0.3, -0.25) is 9.78 Å². The first-order valence-electron chi connectivity index (χ1n) is 7.62. The third kappa shape index (κ3) is 4.14. The van der Waals surface area contributed by atoms with Gasteiger partial charge in [-0.1, -0.05) is 12.1 Å². The first kappa shape index (κ1) is 16.9. The summed E-state index contributed by atoms with van der Waals surface area (Å²) >= 11 is 0. The zero-order chi connectivity index (χ0) is 17.9. The van der Waals surface area contributed by atoms with Crippen LogP contribution >= 0.6 is 0 Å². The molecule has 0 aliphatic rings. The van der Waals surface area contributed by atoms with Crippen LogP contribution in [0, 0.1) is 0 Å². The van der Waals surface area contributed by atoms with E-state index in [0.717, 1.165) is 11.8 Å². The molecule has 25 heavy (non-hydrogen) atoms. The SMILES string of the molecule is O=C(CCc1cn2ccccc2n1)NC(c1cccnc1)C(F)(F)F. The molecule has 0 aliphatic carbocycles. The summed E-state index contributed by atoms with van der Waals surface area (Å²) in [5.41, 5.74) is 1.27. The minimum absolute atomic E-state index is 0.0866. The molecule has 1 amide bonds. The molecular formula is C17H15F3N4O. The number of hydrogen-bond donors (Lipinski definition) is 1. The maximum atomic E-state index is 13.2. The van der Waals surface area contributed by atoms with Crippen molar-refractivity contribution in [3.05, 3.63) is 66.4 Å². The molecule has 1 N–H and O–H groups in total. The number of nitrogens with one attached hydrogen (secondary N) is 1. The topological polar surface area (TPSA) is 59.3 Å². The molecule has 0 saturated heterocycles. The summed E-state index contributed by atoms with van der Waals surface area (Å²) in [7, 11) is 0. The van der Waals surface area contributed by atoms with E-state index >= 15 is 0 Å². The molecule has 130 valence electrons. The van der Waals surface area contributed by atoms with Crippen molar-refractivity contribution in [2.45, 2.75) is 25.1 Å². The highest BCUT2D eigenvalue weighted by atomic mass is 19.4. The summed E-state index contributed by atoms with van der Waals surface area (Å²) in [6.45, 7) is 0. The molecular weight excluding hydrogens is 333 g/mol. The minimum atomic E-state index is -4.60. The smallest absolute Gasteiger partial charge is 0.341 e. The Bertz CT molecular complexity index is 828. The predicted molar refractivity (Wildman–Crippen MR) is 84.7 cm³/mol. The average Bonchev–Trinajstić information content (AvgIpc) is 3.00. The highest BCUT2D eigenvalue weighted by Crippen LogP contribution is 2.32. The van der Waals surface area contributed by atoms with E-state index in [1.807, 2.05) is 29.7 Å². The lowest BCUT2D eigenvalue weighted by atomic mass is 10.1. The molecule has 0 aromatic carbocycles. The van der Waals surface area contributed by atoms with E-state index in [1.165, 1.54) is 18.3 Å². The number of fused-ring (bicyclic) bond motifs is 1. The Morgan fingerprint density at radius 3 is 2.76 bits per heavy atom. The lowest BCUT2D eigenvalue weighted by molar-refractivity contribution is -0.163. The van der Waals surface area contributed by atoms with Crippen LogP contribution in [0.1, 0.15) is 23.7 Å². The summed E-state index contributed by atoms with van der Waals surface area (Å²) in [5.74, 6) is -0.691. The third-order valence-electron chi connectivity index (χ3n) is 3.67. The first-order valence-corrected chi connectivity index (χ1v) is 7.62. The second kappa shape index (κ2) is 6.92. The minimum Gasteiger partial charge on any atom is -0.341 e. The van der Waals surface area contributed by atoms with Crippen LogP contribution in [0.25, 0.3) is 5.65 Å². The number of nitrogens with zero attached hydrogens (tertiary/aromatic N) is 3. The average molecular weight is 348 g/mol. The second-order valence-electron chi connectivity index (χ2n) is 5.53. The lowest BCUT2D eigenvalue weighted by Gasteiger charge is -2.21. The lowest BCUT2D eigenvalue weighted by Crippen LogP contribution is -2.38. The standard InChI is InChI=1S/C17H15F3N4O/c18-17(19,20)16(12-4-3-8-21-10-12)23-15(25)7-6-13-11-24-9-2-1-5-14(24)22-13/h1-5,8-11,16H,6-7H2,(H,23,25). The fourth-order valence-electron chi connectivity index (χ4n) is 2.48. The number of carbonyl (C=O) groups excluding carboxylic acids is 1. The van der Waals surface area contributed by atoms with Gasteiger partial charge in [-0.25, -0.2) is 4.98 Å². The Labute approximate surface area is 141 Å². The molecule has 3 heterocycles. The number of hydrogen-bond acceptors (Lipinski definition) is 3. The van der Waals surface area contributed by atoms with Crippen LogP contribution < -0.4 is 5.32 Å². The molecule has 1 unspecified atom stereocenters. The Morgan fingerprint density at radius 1 is 1.24 bits per heavy atom. The van der Waals surface area contributed by atoms with Crippen LogP contribution in [-0.4, -0.2) is 26.5 Å². The van der Waals surface area contributed by atoms with Crippen molar-refractivity contribution >= 4 is 11.6 Å². The van der Waals surface area contributed by atoms with Crippen LogP contribution in [0.3, 0.4) is 0 Å². The number of pyridine rings is 2. The van der Waals surface area contributed by atoms with Crippen LogP contribution in [0.5, 0.6) is 0 Å². The van der Waals surface area contributed by atoms with Crippen molar-refractivity contribution in [1.82, 2.24) is 19.7 Å². The van der Waals surface area contributed by atoms with Gasteiger partial charge in [0.15, 0.2) is 6.04 Å². The molecule has 0 fully saturated rings. The van der Waals surface area contributed by atoms with Crippen molar-refractivity contribution in [1.29, 1.82) is 0 Å². The number of amides is 1. The number of halogens is 3. The van der Waals surface area contributed by atoms with E-state index in [4.69, 9.17) is 0 Å². The van der Waals surface area contributed by atoms with Crippen molar-refractivity contribution in [2.75, 3.05) is 0 Å². The third-order valence-corrected chi connectivity index (χ3v) is 3.67. The quantitative estimate of drug-likeness (QED) is 0.771. The van der Waals surface area contributed by atoms with E-state index < -0.39 is 18.1 Å². The van der Waals surface area contributed by atoms with E-state index in [1.54, 1.807) is 10.6 Å². The maximum Gasteiger partial charge on any atom is 0.412 e. The number of aromatic nitrogens is 3. The number of rotatable bonds is 5. The van der Waals surface area contributed by atoms with Gasteiger partial charge in [0.2, 0.25) is 5.91 Å². The maximum absolute atomic E-state index is 13.2. The van der Waals surface area contributed by atoms with E-state index in [-0.39, 0.29) is 18.4 Å². The van der Waals surface area contributed by atoms with Gasteiger partial charge in [0.05, 0.1) is 5.69 Å². The Balaban J connectivity index is 1.65. The second-order valence-corrected chi connectivity index (χ2v) is 5.53. The molecule has 5 nitrogen and oxygen atoms in total. The number of aryl methyl sites for hydroxylation is 1. The Hall–Kier alpha value is -2.90. The molecule has 3 aromatic rings. The fraction of sp³-hybridized carbons (Fsp3) is 0.235. The van der Waals surface area contributed by atoms with Crippen molar-refractivity contribution in [3.8, 4) is 0 Å². The number of carbonyl (C=O) groups is 1. The van der Waals surface area contributed by atoms with E-state index in [9.17, 15) is 18.0 Å². The molecule has 3 rings (SSSR count).